The van der Waals surface area contributed by atoms with E-state index in [0.717, 1.165) is 19.6 Å². The van der Waals surface area contributed by atoms with Crippen molar-refractivity contribution < 1.29 is 0 Å². The molecule has 0 radical (unpaired) electrons. The first-order chi connectivity index (χ1) is 5.85. The van der Waals surface area contributed by atoms with Gasteiger partial charge < -0.3 is 17.2 Å². The zero-order valence-electron chi connectivity index (χ0n) is 7.32. The second kappa shape index (κ2) is 8.10. The van der Waals surface area contributed by atoms with Crippen molar-refractivity contribution in [3.63, 3.8) is 0 Å². The third kappa shape index (κ3) is 5.76. The Kier molecular flexibility index (Phi) is 7.42. The molecule has 0 rings (SSSR count). The lowest BCUT2D eigenvalue weighted by Gasteiger charge is -2.16. The van der Waals surface area contributed by atoms with E-state index in [9.17, 15) is 0 Å². The van der Waals surface area contributed by atoms with Crippen LogP contribution in [0.15, 0.2) is 24.6 Å². The lowest BCUT2D eigenvalue weighted by Crippen LogP contribution is -2.30. The smallest absolute Gasteiger partial charge is 0.0184 e. The predicted molar refractivity (Wildman–Crippen MR) is 52.1 cm³/mol. The fourth-order valence-electron chi connectivity index (χ4n) is 0.860. The molecule has 0 amide bonds. The monoisotopic (exact) mass is 170 g/mol. The quantitative estimate of drug-likeness (QED) is 0.487. The number of nitrogens with zero attached hydrogens (tertiary/aromatic N) is 1. The summed E-state index contributed by atoms with van der Waals surface area (Å²) in [5, 5.41) is 0. The van der Waals surface area contributed by atoms with Gasteiger partial charge in [0, 0.05) is 26.2 Å². The largest absolute Gasteiger partial charge is 0.405 e. The average Bonchev–Trinajstić information content (AvgIpc) is 2.10. The van der Waals surface area contributed by atoms with Crippen LogP contribution in [0.25, 0.3) is 0 Å². The highest BCUT2D eigenvalue weighted by Crippen LogP contribution is 1.87. The van der Waals surface area contributed by atoms with Gasteiger partial charge in [0.05, 0.1) is 0 Å². The van der Waals surface area contributed by atoms with Crippen LogP contribution in [0.5, 0.6) is 0 Å². The third-order valence-corrected chi connectivity index (χ3v) is 1.44. The van der Waals surface area contributed by atoms with Crippen LogP contribution in [0.4, 0.5) is 0 Å². The molecule has 0 aliphatic rings. The van der Waals surface area contributed by atoms with Gasteiger partial charge >= 0.3 is 0 Å². The molecule has 0 heterocycles. The molecule has 0 bridgehead atoms. The standard InChI is InChI=1S/C8H18N4/c9-3-1-6-12(8-5-11)7-2-4-10/h1-4H,5-11H2. The number of rotatable bonds is 6. The lowest BCUT2D eigenvalue weighted by molar-refractivity contribution is 0.344. The van der Waals surface area contributed by atoms with Crippen molar-refractivity contribution in [3.05, 3.63) is 24.6 Å². The SMILES string of the molecule is NC=CCN(CC=CN)CCN. The van der Waals surface area contributed by atoms with E-state index in [1.165, 1.54) is 12.4 Å². The Balaban J connectivity index is 3.68. The van der Waals surface area contributed by atoms with Crippen LogP contribution in [0, 0.1) is 0 Å². The van der Waals surface area contributed by atoms with Crippen LogP contribution in [0.2, 0.25) is 0 Å². The van der Waals surface area contributed by atoms with E-state index >= 15 is 0 Å². The predicted octanol–water partition coefficient (Wildman–Crippen LogP) is -0.808. The molecule has 0 saturated heterocycles. The summed E-state index contributed by atoms with van der Waals surface area (Å²) in [5.41, 5.74) is 15.9. The second-order valence-electron chi connectivity index (χ2n) is 2.40. The molecule has 4 nitrogen and oxygen atoms in total. The van der Waals surface area contributed by atoms with Gasteiger partial charge in [0.2, 0.25) is 0 Å². The summed E-state index contributed by atoms with van der Waals surface area (Å²) >= 11 is 0. The fraction of sp³-hybridized carbons (Fsp3) is 0.500. The first-order valence-corrected chi connectivity index (χ1v) is 4.01. The summed E-state index contributed by atoms with van der Waals surface area (Å²) in [5.74, 6) is 0. The van der Waals surface area contributed by atoms with E-state index in [2.05, 4.69) is 4.90 Å². The molecule has 0 aromatic heterocycles. The van der Waals surface area contributed by atoms with Gasteiger partial charge in [-0.25, -0.2) is 0 Å². The maximum absolute atomic E-state index is 5.42. The topological polar surface area (TPSA) is 81.3 Å². The number of nitrogens with two attached hydrogens (primary N) is 3. The van der Waals surface area contributed by atoms with Crippen LogP contribution in [0.1, 0.15) is 0 Å². The summed E-state index contributed by atoms with van der Waals surface area (Å²) in [4.78, 5) is 2.15. The van der Waals surface area contributed by atoms with Crippen molar-refractivity contribution in [2.24, 2.45) is 17.2 Å². The van der Waals surface area contributed by atoms with Crippen LogP contribution >= 0.6 is 0 Å². The molecule has 0 atom stereocenters. The highest BCUT2D eigenvalue weighted by Gasteiger charge is 1.97. The molecular weight excluding hydrogens is 152 g/mol. The van der Waals surface area contributed by atoms with Crippen molar-refractivity contribution in [1.82, 2.24) is 4.90 Å². The Labute approximate surface area is 73.7 Å². The van der Waals surface area contributed by atoms with Gasteiger partial charge in [-0.15, -0.1) is 0 Å². The molecule has 0 aliphatic carbocycles. The maximum Gasteiger partial charge on any atom is 0.0184 e. The minimum atomic E-state index is 0.650. The van der Waals surface area contributed by atoms with Crippen molar-refractivity contribution in [2.45, 2.75) is 0 Å². The average molecular weight is 170 g/mol. The number of hydrogen-bond donors (Lipinski definition) is 3. The van der Waals surface area contributed by atoms with E-state index in [-0.39, 0.29) is 0 Å². The summed E-state index contributed by atoms with van der Waals surface area (Å²) < 4.78 is 0. The first kappa shape index (κ1) is 11.0. The molecule has 0 aromatic rings. The molecule has 4 heteroatoms. The maximum atomic E-state index is 5.42. The zero-order valence-corrected chi connectivity index (χ0v) is 7.32. The minimum absolute atomic E-state index is 0.650. The molecular formula is C8H18N4. The normalized spacial score (nSPS) is 12.2. The molecule has 0 aromatic carbocycles. The molecule has 0 fully saturated rings. The van der Waals surface area contributed by atoms with Crippen molar-refractivity contribution in [3.8, 4) is 0 Å². The summed E-state index contributed by atoms with van der Waals surface area (Å²) in [6.07, 6.45) is 6.85. The fourth-order valence-corrected chi connectivity index (χ4v) is 0.860. The van der Waals surface area contributed by atoms with Gasteiger partial charge in [0.1, 0.15) is 0 Å². The van der Waals surface area contributed by atoms with Gasteiger partial charge in [0.25, 0.3) is 0 Å². The highest BCUT2D eigenvalue weighted by atomic mass is 15.1. The van der Waals surface area contributed by atoms with E-state index in [0.29, 0.717) is 6.54 Å². The van der Waals surface area contributed by atoms with Crippen molar-refractivity contribution >= 4 is 0 Å². The van der Waals surface area contributed by atoms with Gasteiger partial charge in [-0.2, -0.15) is 0 Å². The number of hydrogen-bond acceptors (Lipinski definition) is 4. The molecule has 0 spiro atoms. The summed E-state index contributed by atoms with van der Waals surface area (Å²) in [6, 6.07) is 0. The Hall–Kier alpha value is -1.00. The Morgan fingerprint density at radius 1 is 1.00 bits per heavy atom. The van der Waals surface area contributed by atoms with E-state index in [4.69, 9.17) is 17.2 Å². The molecule has 0 saturated carbocycles. The first-order valence-electron chi connectivity index (χ1n) is 4.01. The summed E-state index contributed by atoms with van der Waals surface area (Å²) in [7, 11) is 0. The van der Waals surface area contributed by atoms with Gasteiger partial charge in [-0.05, 0) is 12.4 Å². The summed E-state index contributed by atoms with van der Waals surface area (Å²) in [6.45, 7) is 3.14. The van der Waals surface area contributed by atoms with E-state index in [1.54, 1.807) is 0 Å². The van der Waals surface area contributed by atoms with E-state index in [1.807, 2.05) is 12.2 Å². The Bertz CT molecular complexity index is 128. The van der Waals surface area contributed by atoms with Crippen molar-refractivity contribution in [2.75, 3.05) is 26.2 Å². The molecule has 0 aliphatic heterocycles. The third-order valence-electron chi connectivity index (χ3n) is 1.44. The van der Waals surface area contributed by atoms with Gasteiger partial charge in [0.15, 0.2) is 0 Å². The van der Waals surface area contributed by atoms with Crippen LogP contribution in [-0.4, -0.2) is 31.1 Å². The zero-order chi connectivity index (χ0) is 9.23. The second-order valence-corrected chi connectivity index (χ2v) is 2.40. The van der Waals surface area contributed by atoms with Crippen LogP contribution < -0.4 is 17.2 Å². The van der Waals surface area contributed by atoms with Gasteiger partial charge in [-0.1, -0.05) is 12.2 Å². The van der Waals surface area contributed by atoms with Crippen LogP contribution in [-0.2, 0) is 0 Å². The molecule has 12 heavy (non-hydrogen) atoms. The minimum Gasteiger partial charge on any atom is -0.405 e. The molecule has 0 unspecified atom stereocenters. The highest BCUT2D eigenvalue weighted by molar-refractivity contribution is 4.85. The van der Waals surface area contributed by atoms with Gasteiger partial charge in [-0.3, -0.25) is 4.90 Å². The molecule has 70 valence electrons. The van der Waals surface area contributed by atoms with Crippen molar-refractivity contribution in [1.29, 1.82) is 0 Å². The van der Waals surface area contributed by atoms with Crippen LogP contribution in [0.3, 0.4) is 0 Å². The molecule has 6 N–H and O–H groups in total. The van der Waals surface area contributed by atoms with E-state index < -0.39 is 0 Å². The Morgan fingerprint density at radius 2 is 1.50 bits per heavy atom. The lowest BCUT2D eigenvalue weighted by atomic mass is 10.4. The Morgan fingerprint density at radius 3 is 1.83 bits per heavy atom.